The third kappa shape index (κ3) is 2.57. The number of carbonyl (C=O) groups excluding carboxylic acids is 1. The lowest BCUT2D eigenvalue weighted by Crippen LogP contribution is -2.35. The number of rotatable bonds is 5. The molecule has 1 aromatic rings. The molecule has 0 radical (unpaired) electrons. The first-order valence-electron chi connectivity index (χ1n) is 5.60. The fourth-order valence-corrected chi connectivity index (χ4v) is 1.42. The van der Waals surface area contributed by atoms with Crippen molar-refractivity contribution < 1.29 is 9.21 Å². The quantitative estimate of drug-likeness (QED) is 0.778. The maximum atomic E-state index is 11.5. The lowest BCUT2D eigenvalue weighted by atomic mass is 10.2. The number of hydrogen-bond donors (Lipinski definition) is 2. The fraction of sp³-hybridized carbons (Fsp3) is 0.700. The monoisotopic (exact) mass is 224 g/mol. The van der Waals surface area contributed by atoms with Crippen molar-refractivity contribution in [3.05, 3.63) is 5.89 Å². The summed E-state index contributed by atoms with van der Waals surface area (Å²) >= 11 is 0. The Labute approximate surface area is 93.6 Å². The summed E-state index contributed by atoms with van der Waals surface area (Å²) in [5.41, 5.74) is 5.65. The topological polar surface area (TPSA) is 94.0 Å². The first-order chi connectivity index (χ1) is 7.70. The molecule has 0 spiro atoms. The smallest absolute Gasteiger partial charge is 0.322 e. The van der Waals surface area contributed by atoms with E-state index >= 15 is 0 Å². The average Bonchev–Trinajstić information content (AvgIpc) is 3.01. The van der Waals surface area contributed by atoms with Crippen LogP contribution >= 0.6 is 0 Å². The Bertz CT molecular complexity index is 373. The first kappa shape index (κ1) is 11.1. The molecule has 1 heterocycles. The second-order valence-corrected chi connectivity index (χ2v) is 4.10. The van der Waals surface area contributed by atoms with Gasteiger partial charge in [-0.2, -0.15) is 0 Å². The van der Waals surface area contributed by atoms with Crippen LogP contribution in [0.15, 0.2) is 4.42 Å². The van der Waals surface area contributed by atoms with Gasteiger partial charge in [0.2, 0.25) is 11.8 Å². The van der Waals surface area contributed by atoms with Gasteiger partial charge in [-0.15, -0.1) is 5.10 Å². The normalized spacial score (nSPS) is 17.1. The minimum atomic E-state index is -0.513. The number of nitrogens with two attached hydrogens (primary N) is 1. The Hall–Kier alpha value is -1.43. The van der Waals surface area contributed by atoms with Gasteiger partial charge in [0.15, 0.2) is 0 Å². The molecule has 1 amide bonds. The van der Waals surface area contributed by atoms with E-state index in [1.54, 1.807) is 0 Å². The average molecular weight is 224 g/mol. The Balaban J connectivity index is 1.89. The summed E-state index contributed by atoms with van der Waals surface area (Å²) in [4.78, 5) is 11.5. The lowest BCUT2D eigenvalue weighted by molar-refractivity contribution is -0.117. The van der Waals surface area contributed by atoms with Crippen LogP contribution in [0.3, 0.4) is 0 Å². The van der Waals surface area contributed by atoms with Crippen molar-refractivity contribution in [2.75, 3.05) is 5.32 Å². The number of aromatic nitrogens is 2. The highest BCUT2D eigenvalue weighted by molar-refractivity contribution is 5.92. The van der Waals surface area contributed by atoms with E-state index in [1.807, 2.05) is 6.92 Å². The van der Waals surface area contributed by atoms with Crippen molar-refractivity contribution in [3.63, 3.8) is 0 Å². The Morgan fingerprint density at radius 1 is 1.62 bits per heavy atom. The predicted molar refractivity (Wildman–Crippen MR) is 57.8 cm³/mol. The van der Waals surface area contributed by atoms with Crippen LogP contribution in [0.1, 0.15) is 44.4 Å². The maximum Gasteiger partial charge on any atom is 0.322 e. The molecule has 3 N–H and O–H groups in total. The van der Waals surface area contributed by atoms with Crippen LogP contribution in [0.25, 0.3) is 0 Å². The molecule has 0 bridgehead atoms. The molecule has 0 aromatic carbocycles. The lowest BCUT2D eigenvalue weighted by Gasteiger charge is -2.07. The first-order valence-corrected chi connectivity index (χ1v) is 5.60. The van der Waals surface area contributed by atoms with Crippen LogP contribution in [-0.2, 0) is 4.79 Å². The molecule has 0 aliphatic heterocycles. The third-order valence-electron chi connectivity index (χ3n) is 2.53. The summed E-state index contributed by atoms with van der Waals surface area (Å²) < 4.78 is 5.30. The van der Waals surface area contributed by atoms with Crippen LogP contribution in [0.4, 0.5) is 6.01 Å². The minimum absolute atomic E-state index is 0.151. The maximum absolute atomic E-state index is 11.5. The molecule has 88 valence electrons. The molecule has 2 rings (SSSR count). The summed E-state index contributed by atoms with van der Waals surface area (Å²) in [6.45, 7) is 1.98. The van der Waals surface area contributed by atoms with Crippen LogP contribution in [0.2, 0.25) is 0 Å². The van der Waals surface area contributed by atoms with E-state index in [-0.39, 0.29) is 11.9 Å². The summed E-state index contributed by atoms with van der Waals surface area (Å²) in [5, 5.41) is 10.1. The van der Waals surface area contributed by atoms with Crippen molar-refractivity contribution in [2.45, 2.75) is 44.6 Å². The van der Waals surface area contributed by atoms with Crippen LogP contribution < -0.4 is 11.1 Å². The van der Waals surface area contributed by atoms with E-state index in [2.05, 4.69) is 15.5 Å². The van der Waals surface area contributed by atoms with E-state index in [4.69, 9.17) is 10.2 Å². The van der Waals surface area contributed by atoms with Gasteiger partial charge in [-0.1, -0.05) is 18.4 Å². The van der Waals surface area contributed by atoms with Crippen LogP contribution in [0.5, 0.6) is 0 Å². The fourth-order valence-electron chi connectivity index (χ4n) is 1.42. The molecule has 6 heteroatoms. The van der Waals surface area contributed by atoms with Crippen molar-refractivity contribution in [1.82, 2.24) is 10.2 Å². The zero-order valence-corrected chi connectivity index (χ0v) is 9.27. The third-order valence-corrected chi connectivity index (χ3v) is 2.53. The molecule has 1 aliphatic carbocycles. The molecule has 1 aliphatic rings. The molecule has 0 unspecified atom stereocenters. The number of nitrogens with one attached hydrogen (secondary N) is 1. The highest BCUT2D eigenvalue weighted by Gasteiger charge is 2.29. The van der Waals surface area contributed by atoms with Gasteiger partial charge >= 0.3 is 6.01 Å². The van der Waals surface area contributed by atoms with Crippen molar-refractivity contribution in [2.24, 2.45) is 5.73 Å². The van der Waals surface area contributed by atoms with Crippen LogP contribution in [-0.4, -0.2) is 22.1 Å². The van der Waals surface area contributed by atoms with Gasteiger partial charge in [0.25, 0.3) is 0 Å². The van der Waals surface area contributed by atoms with E-state index in [0.717, 1.165) is 19.3 Å². The minimum Gasteiger partial charge on any atom is -0.408 e. The van der Waals surface area contributed by atoms with Gasteiger partial charge < -0.3 is 10.2 Å². The number of amides is 1. The molecular weight excluding hydrogens is 208 g/mol. The molecular formula is C10H16N4O2. The number of carbonyl (C=O) groups is 1. The summed E-state index contributed by atoms with van der Waals surface area (Å²) in [6.07, 6.45) is 3.69. The molecule has 1 atom stereocenters. The Kier molecular flexibility index (Phi) is 3.19. The number of nitrogens with zero attached hydrogens (tertiary/aromatic N) is 2. The zero-order chi connectivity index (χ0) is 11.5. The van der Waals surface area contributed by atoms with Gasteiger partial charge in [0, 0.05) is 5.92 Å². The van der Waals surface area contributed by atoms with E-state index in [1.165, 1.54) is 0 Å². The largest absolute Gasteiger partial charge is 0.408 e. The van der Waals surface area contributed by atoms with E-state index in [9.17, 15) is 4.79 Å². The van der Waals surface area contributed by atoms with Crippen molar-refractivity contribution >= 4 is 11.9 Å². The van der Waals surface area contributed by atoms with Crippen molar-refractivity contribution in [3.8, 4) is 0 Å². The highest BCUT2D eigenvalue weighted by Crippen LogP contribution is 2.39. The molecule has 1 aromatic heterocycles. The molecule has 0 saturated heterocycles. The predicted octanol–water partition coefficient (Wildman–Crippen LogP) is 1.01. The Morgan fingerprint density at radius 2 is 2.38 bits per heavy atom. The molecule has 1 saturated carbocycles. The second kappa shape index (κ2) is 4.61. The highest BCUT2D eigenvalue weighted by atomic mass is 16.4. The molecule has 6 nitrogen and oxygen atoms in total. The van der Waals surface area contributed by atoms with Gasteiger partial charge in [0.05, 0.1) is 6.04 Å². The van der Waals surface area contributed by atoms with E-state index < -0.39 is 6.04 Å². The zero-order valence-electron chi connectivity index (χ0n) is 9.27. The molecule has 1 fully saturated rings. The van der Waals surface area contributed by atoms with Crippen LogP contribution in [0, 0.1) is 0 Å². The van der Waals surface area contributed by atoms with Gasteiger partial charge in [-0.05, 0) is 19.3 Å². The summed E-state index contributed by atoms with van der Waals surface area (Å²) in [5.74, 6) is 0.731. The summed E-state index contributed by atoms with van der Waals surface area (Å²) in [7, 11) is 0. The SMILES string of the molecule is CCC[C@H](N)C(=O)Nc1nnc(C2CC2)o1. The molecule has 16 heavy (non-hydrogen) atoms. The number of hydrogen-bond acceptors (Lipinski definition) is 5. The second-order valence-electron chi connectivity index (χ2n) is 4.10. The van der Waals surface area contributed by atoms with Gasteiger partial charge in [-0.3, -0.25) is 10.1 Å². The standard InChI is InChI=1S/C10H16N4O2/c1-2-3-7(11)8(15)12-10-14-13-9(16-10)6-4-5-6/h6-7H,2-5,11H2,1H3,(H,12,14,15)/t7-/m0/s1. The Morgan fingerprint density at radius 3 is 3.00 bits per heavy atom. The van der Waals surface area contributed by atoms with Gasteiger partial charge in [0.1, 0.15) is 0 Å². The summed E-state index contributed by atoms with van der Waals surface area (Å²) in [6, 6.07) is -0.361. The van der Waals surface area contributed by atoms with E-state index in [0.29, 0.717) is 18.2 Å². The van der Waals surface area contributed by atoms with Gasteiger partial charge in [-0.25, -0.2) is 0 Å². The number of anilines is 1. The van der Waals surface area contributed by atoms with Crippen molar-refractivity contribution in [1.29, 1.82) is 0 Å².